The van der Waals surface area contributed by atoms with Crippen molar-refractivity contribution in [3.63, 3.8) is 0 Å². The van der Waals surface area contributed by atoms with Gasteiger partial charge >= 0.3 is 0 Å². The van der Waals surface area contributed by atoms with Crippen molar-refractivity contribution >= 4 is 0 Å². The highest BCUT2D eigenvalue weighted by Gasteiger charge is 2.19. The number of aryl methyl sites for hydroxylation is 1. The second-order valence-corrected chi connectivity index (χ2v) is 5.24. The summed E-state index contributed by atoms with van der Waals surface area (Å²) in [5, 5.41) is 0. The third kappa shape index (κ3) is 2.62. The van der Waals surface area contributed by atoms with Crippen LogP contribution in [-0.4, -0.2) is 9.55 Å². The Morgan fingerprint density at radius 2 is 1.90 bits per heavy atom. The largest absolute Gasteiger partial charge is 0.464 e. The van der Waals surface area contributed by atoms with Gasteiger partial charge < -0.3 is 14.7 Å². The van der Waals surface area contributed by atoms with E-state index in [1.807, 2.05) is 55.6 Å². The molecule has 3 rings (SSSR count). The van der Waals surface area contributed by atoms with E-state index in [1.54, 1.807) is 6.33 Å². The molecule has 4 heteroatoms. The molecule has 0 aliphatic carbocycles. The average molecular weight is 281 g/mol. The lowest BCUT2D eigenvalue weighted by Gasteiger charge is -2.19. The molecule has 2 atom stereocenters. The average Bonchev–Trinajstić information content (AvgIpc) is 3.15. The second-order valence-electron chi connectivity index (χ2n) is 5.24. The van der Waals surface area contributed by atoms with Crippen molar-refractivity contribution in [2.45, 2.75) is 25.9 Å². The van der Waals surface area contributed by atoms with E-state index in [0.717, 1.165) is 22.8 Å². The molecule has 4 nitrogen and oxygen atoms in total. The zero-order valence-corrected chi connectivity index (χ0v) is 12.2. The zero-order valence-electron chi connectivity index (χ0n) is 12.2. The van der Waals surface area contributed by atoms with E-state index in [0.29, 0.717) is 0 Å². The Kier molecular flexibility index (Phi) is 3.62. The molecule has 0 spiro atoms. The molecular weight excluding hydrogens is 262 g/mol. The minimum atomic E-state index is -0.202. The number of nitrogens with two attached hydrogens (primary N) is 1. The Morgan fingerprint density at radius 1 is 1.14 bits per heavy atom. The number of imidazole rings is 1. The van der Waals surface area contributed by atoms with Crippen molar-refractivity contribution in [3.8, 4) is 0 Å². The summed E-state index contributed by atoms with van der Waals surface area (Å²) in [4.78, 5) is 4.26. The zero-order chi connectivity index (χ0) is 14.8. The number of nitrogens with zero attached hydrogens (tertiary/aromatic N) is 2. The van der Waals surface area contributed by atoms with Gasteiger partial charge in [0.05, 0.1) is 30.3 Å². The molecule has 0 fully saturated rings. The first-order valence-electron chi connectivity index (χ1n) is 7.05. The van der Waals surface area contributed by atoms with E-state index in [9.17, 15) is 0 Å². The van der Waals surface area contributed by atoms with Crippen LogP contribution in [0.5, 0.6) is 0 Å². The van der Waals surface area contributed by atoms with Gasteiger partial charge in [0.15, 0.2) is 0 Å². The van der Waals surface area contributed by atoms with Gasteiger partial charge in [-0.05, 0) is 31.5 Å². The Morgan fingerprint density at radius 3 is 2.57 bits per heavy atom. The third-order valence-electron chi connectivity index (χ3n) is 3.76. The molecule has 0 saturated heterocycles. The van der Waals surface area contributed by atoms with Crippen LogP contribution < -0.4 is 5.73 Å². The molecule has 1 aromatic carbocycles. The Hall–Kier alpha value is -2.33. The Labute approximate surface area is 124 Å². The first-order valence-corrected chi connectivity index (χ1v) is 7.05. The van der Waals surface area contributed by atoms with Crippen LogP contribution in [-0.2, 0) is 0 Å². The maximum absolute atomic E-state index is 6.39. The van der Waals surface area contributed by atoms with E-state index in [1.165, 1.54) is 0 Å². The van der Waals surface area contributed by atoms with E-state index in [2.05, 4.69) is 16.5 Å². The minimum Gasteiger partial charge on any atom is -0.464 e. The molecule has 0 aliphatic heterocycles. The summed E-state index contributed by atoms with van der Waals surface area (Å²) in [6.45, 7) is 4.03. The Bertz CT molecular complexity index is 714. The van der Waals surface area contributed by atoms with Crippen LogP contribution in [0.3, 0.4) is 0 Å². The fourth-order valence-corrected chi connectivity index (χ4v) is 2.53. The molecule has 2 unspecified atom stereocenters. The lowest BCUT2D eigenvalue weighted by molar-refractivity contribution is 0.422. The highest BCUT2D eigenvalue weighted by atomic mass is 16.3. The first kappa shape index (κ1) is 13.6. The lowest BCUT2D eigenvalue weighted by atomic mass is 10.0. The molecule has 2 heterocycles. The fraction of sp³-hybridized carbons (Fsp3) is 0.235. The smallest absolute Gasteiger partial charge is 0.126 e. The first-order chi connectivity index (χ1) is 10.2. The number of aromatic nitrogens is 2. The van der Waals surface area contributed by atoms with Gasteiger partial charge in [0.2, 0.25) is 0 Å². The van der Waals surface area contributed by atoms with Crippen molar-refractivity contribution in [2.24, 2.45) is 5.73 Å². The highest BCUT2D eigenvalue weighted by Crippen LogP contribution is 2.26. The number of hydrogen-bond acceptors (Lipinski definition) is 3. The van der Waals surface area contributed by atoms with Crippen molar-refractivity contribution < 1.29 is 4.42 Å². The summed E-state index contributed by atoms with van der Waals surface area (Å²) in [7, 11) is 0. The molecule has 0 saturated carbocycles. The predicted molar refractivity (Wildman–Crippen MR) is 82.0 cm³/mol. The van der Waals surface area contributed by atoms with Crippen LogP contribution in [0.2, 0.25) is 0 Å². The maximum Gasteiger partial charge on any atom is 0.126 e. The molecule has 0 aliphatic rings. The molecule has 108 valence electrons. The summed E-state index contributed by atoms with van der Waals surface area (Å²) < 4.78 is 7.79. The molecule has 0 amide bonds. The van der Waals surface area contributed by atoms with Gasteiger partial charge in [-0.25, -0.2) is 4.98 Å². The van der Waals surface area contributed by atoms with Gasteiger partial charge in [-0.3, -0.25) is 0 Å². The van der Waals surface area contributed by atoms with Gasteiger partial charge in [-0.2, -0.15) is 0 Å². The molecule has 0 bridgehead atoms. The van der Waals surface area contributed by atoms with Crippen LogP contribution in [0, 0.1) is 6.92 Å². The van der Waals surface area contributed by atoms with Crippen LogP contribution in [0.1, 0.15) is 41.8 Å². The normalized spacial score (nSPS) is 14.0. The van der Waals surface area contributed by atoms with Crippen molar-refractivity contribution in [1.29, 1.82) is 0 Å². The fourth-order valence-electron chi connectivity index (χ4n) is 2.53. The lowest BCUT2D eigenvalue weighted by Crippen LogP contribution is -2.18. The molecule has 0 radical (unpaired) electrons. The predicted octanol–water partition coefficient (Wildman–Crippen LogP) is 3.44. The van der Waals surface area contributed by atoms with E-state index >= 15 is 0 Å². The molecular formula is C17H19N3O. The molecule has 3 aromatic rings. The van der Waals surface area contributed by atoms with Crippen LogP contribution in [0.25, 0.3) is 0 Å². The summed E-state index contributed by atoms with van der Waals surface area (Å²) in [6, 6.07) is 13.9. The number of benzene rings is 1. The van der Waals surface area contributed by atoms with Crippen molar-refractivity contribution in [1.82, 2.24) is 9.55 Å². The van der Waals surface area contributed by atoms with Gasteiger partial charge in [-0.1, -0.05) is 30.3 Å². The van der Waals surface area contributed by atoms with E-state index in [-0.39, 0.29) is 12.1 Å². The topological polar surface area (TPSA) is 57.0 Å². The quantitative estimate of drug-likeness (QED) is 0.797. The Balaban J connectivity index is 1.94. The second kappa shape index (κ2) is 5.58. The molecule has 2 N–H and O–H groups in total. The third-order valence-corrected chi connectivity index (χ3v) is 3.76. The van der Waals surface area contributed by atoms with Gasteiger partial charge in [-0.15, -0.1) is 0 Å². The highest BCUT2D eigenvalue weighted by molar-refractivity contribution is 5.27. The standard InChI is InChI=1S/C17H19N3O/c1-12-8-9-16(21-12)13(2)20-11-19-10-15(20)17(18)14-6-4-3-5-7-14/h3-11,13,17H,18H2,1-2H3. The van der Waals surface area contributed by atoms with Crippen molar-refractivity contribution in [3.05, 3.63) is 77.8 Å². The SMILES string of the molecule is Cc1ccc(C(C)n2cncc2C(N)c2ccccc2)o1. The molecule has 2 aromatic heterocycles. The summed E-state index contributed by atoms with van der Waals surface area (Å²) in [6.07, 6.45) is 3.63. The minimum absolute atomic E-state index is 0.0611. The van der Waals surface area contributed by atoms with E-state index in [4.69, 9.17) is 10.2 Å². The van der Waals surface area contributed by atoms with E-state index < -0.39 is 0 Å². The number of rotatable bonds is 4. The van der Waals surface area contributed by atoms with Crippen LogP contribution in [0.15, 0.2) is 59.4 Å². The summed E-state index contributed by atoms with van der Waals surface area (Å²) in [5.41, 5.74) is 8.44. The summed E-state index contributed by atoms with van der Waals surface area (Å²) >= 11 is 0. The van der Waals surface area contributed by atoms with Crippen LogP contribution in [0.4, 0.5) is 0 Å². The van der Waals surface area contributed by atoms with Crippen LogP contribution >= 0.6 is 0 Å². The van der Waals surface area contributed by atoms with Gasteiger partial charge in [0.1, 0.15) is 11.5 Å². The summed E-state index contributed by atoms with van der Waals surface area (Å²) in [5.74, 6) is 1.82. The number of hydrogen-bond donors (Lipinski definition) is 1. The van der Waals surface area contributed by atoms with Gasteiger partial charge in [0.25, 0.3) is 0 Å². The maximum atomic E-state index is 6.39. The monoisotopic (exact) mass is 281 g/mol. The van der Waals surface area contributed by atoms with Gasteiger partial charge in [0, 0.05) is 0 Å². The molecule has 21 heavy (non-hydrogen) atoms. The van der Waals surface area contributed by atoms with Crippen molar-refractivity contribution in [2.75, 3.05) is 0 Å². The number of furan rings is 1.